The molecule has 1 heterocycles. The van der Waals surface area contributed by atoms with Gasteiger partial charge in [0, 0.05) is 19.5 Å². The Morgan fingerprint density at radius 2 is 1.80 bits per heavy atom. The monoisotopic (exact) mass is 409 g/mol. The SMILES string of the molecule is Cc1ccc(O[C@H]2C[C@H]3C4C(C)C[C@H]5N(C)C(=O)CC[C@]5(C)[C@H]4CC[C@]3(C)C2)cc1. The predicted octanol–water partition coefficient (Wildman–Crippen LogP) is 5.85. The Morgan fingerprint density at radius 3 is 2.53 bits per heavy atom. The molecule has 5 rings (SSSR count). The number of ether oxygens (including phenoxy) is 1. The Labute approximate surface area is 182 Å². The van der Waals surface area contributed by atoms with Gasteiger partial charge in [-0.25, -0.2) is 0 Å². The first-order chi connectivity index (χ1) is 14.2. The van der Waals surface area contributed by atoms with Crippen LogP contribution in [0, 0.1) is 41.4 Å². The average molecular weight is 410 g/mol. The zero-order chi connectivity index (χ0) is 21.3. The van der Waals surface area contributed by atoms with Gasteiger partial charge in [0.25, 0.3) is 0 Å². The standard InChI is InChI=1S/C27H39NO2/c1-17-6-8-19(9-7-17)30-20-15-22-25-18(2)14-23-27(4,13-11-24(29)28(23)5)21(25)10-12-26(22,3)16-20/h6-9,18,20-23,25H,10-16H2,1-5H3/t18?,20-,21-,22-,23+,25?,26+,27+/m0/s1. The molecule has 1 amide bonds. The number of likely N-dealkylation sites (tertiary alicyclic amines) is 1. The Hall–Kier alpha value is -1.51. The molecule has 0 spiro atoms. The Kier molecular flexibility index (Phi) is 4.76. The van der Waals surface area contributed by atoms with Crippen LogP contribution in [0.15, 0.2) is 24.3 Å². The largest absolute Gasteiger partial charge is 0.490 e. The summed E-state index contributed by atoms with van der Waals surface area (Å²) in [6, 6.07) is 9.00. The molecule has 3 nitrogen and oxygen atoms in total. The maximum Gasteiger partial charge on any atom is 0.222 e. The van der Waals surface area contributed by atoms with Crippen molar-refractivity contribution in [2.45, 2.75) is 84.8 Å². The first-order valence-corrected chi connectivity index (χ1v) is 12.2. The van der Waals surface area contributed by atoms with Crippen molar-refractivity contribution in [2.75, 3.05) is 7.05 Å². The molecule has 3 saturated carbocycles. The molecule has 1 aliphatic heterocycles. The normalized spacial score (nSPS) is 45.5. The lowest BCUT2D eigenvalue weighted by Gasteiger charge is -2.63. The fourth-order valence-corrected chi connectivity index (χ4v) is 8.36. The molecule has 4 fully saturated rings. The lowest BCUT2D eigenvalue weighted by Crippen LogP contribution is -2.62. The molecule has 1 aromatic carbocycles. The fourth-order valence-electron chi connectivity index (χ4n) is 8.36. The number of carbonyl (C=O) groups is 1. The summed E-state index contributed by atoms with van der Waals surface area (Å²) >= 11 is 0. The van der Waals surface area contributed by atoms with E-state index in [2.05, 4.69) is 63.9 Å². The third-order valence-corrected chi connectivity index (χ3v) is 9.98. The van der Waals surface area contributed by atoms with E-state index >= 15 is 0 Å². The van der Waals surface area contributed by atoms with E-state index in [1.54, 1.807) is 0 Å². The van der Waals surface area contributed by atoms with Crippen molar-refractivity contribution in [1.82, 2.24) is 4.90 Å². The third-order valence-electron chi connectivity index (χ3n) is 9.98. The number of carbonyl (C=O) groups excluding carboxylic acids is 1. The van der Waals surface area contributed by atoms with E-state index < -0.39 is 0 Å². The van der Waals surface area contributed by atoms with Crippen LogP contribution in [0.4, 0.5) is 0 Å². The van der Waals surface area contributed by atoms with Crippen molar-refractivity contribution >= 4 is 5.91 Å². The van der Waals surface area contributed by atoms with Crippen LogP contribution in [-0.2, 0) is 4.79 Å². The maximum absolute atomic E-state index is 12.4. The van der Waals surface area contributed by atoms with Crippen LogP contribution >= 0.6 is 0 Å². The van der Waals surface area contributed by atoms with Crippen molar-refractivity contribution in [3.8, 4) is 5.75 Å². The van der Waals surface area contributed by atoms with Gasteiger partial charge >= 0.3 is 0 Å². The zero-order valence-corrected chi connectivity index (χ0v) is 19.5. The molecule has 3 heteroatoms. The Bertz CT molecular complexity index is 819. The van der Waals surface area contributed by atoms with Crippen LogP contribution in [-0.4, -0.2) is 30.0 Å². The van der Waals surface area contributed by atoms with Gasteiger partial charge in [0.1, 0.15) is 5.75 Å². The minimum absolute atomic E-state index is 0.289. The molecule has 0 radical (unpaired) electrons. The van der Waals surface area contributed by atoms with Crippen LogP contribution < -0.4 is 4.74 Å². The summed E-state index contributed by atoms with van der Waals surface area (Å²) < 4.78 is 6.51. The number of nitrogens with zero attached hydrogens (tertiary/aromatic N) is 1. The number of aryl methyl sites for hydroxylation is 1. The molecule has 1 aromatic rings. The van der Waals surface area contributed by atoms with Crippen LogP contribution in [0.2, 0.25) is 0 Å². The van der Waals surface area contributed by atoms with Crippen LogP contribution in [0.1, 0.15) is 71.3 Å². The zero-order valence-electron chi connectivity index (χ0n) is 19.5. The Morgan fingerprint density at radius 1 is 1.07 bits per heavy atom. The van der Waals surface area contributed by atoms with Gasteiger partial charge in [0.15, 0.2) is 0 Å². The molecule has 4 aliphatic rings. The molecule has 30 heavy (non-hydrogen) atoms. The number of piperidine rings is 1. The number of rotatable bonds is 2. The summed E-state index contributed by atoms with van der Waals surface area (Å²) in [5.74, 6) is 4.35. The molecule has 164 valence electrons. The highest BCUT2D eigenvalue weighted by Gasteiger charge is 2.62. The minimum Gasteiger partial charge on any atom is -0.490 e. The van der Waals surface area contributed by atoms with E-state index in [9.17, 15) is 4.79 Å². The van der Waals surface area contributed by atoms with E-state index in [0.717, 1.165) is 36.3 Å². The quantitative estimate of drug-likeness (QED) is 0.613. The lowest BCUT2D eigenvalue weighted by molar-refractivity contribution is -0.164. The van der Waals surface area contributed by atoms with Gasteiger partial charge in [-0.15, -0.1) is 0 Å². The van der Waals surface area contributed by atoms with Gasteiger partial charge in [-0.05, 0) is 92.1 Å². The summed E-state index contributed by atoms with van der Waals surface area (Å²) in [6.07, 6.45) is 8.38. The molecule has 2 unspecified atom stereocenters. The highest BCUT2D eigenvalue weighted by atomic mass is 16.5. The second-order valence-electron chi connectivity index (χ2n) is 11.7. The van der Waals surface area contributed by atoms with Gasteiger partial charge in [-0.3, -0.25) is 4.79 Å². The number of amides is 1. The molecule has 0 aromatic heterocycles. The second kappa shape index (κ2) is 7.00. The molecule has 0 bridgehead atoms. The molecular formula is C27H39NO2. The van der Waals surface area contributed by atoms with E-state index in [1.807, 2.05) is 0 Å². The van der Waals surface area contributed by atoms with E-state index in [1.165, 1.54) is 37.7 Å². The van der Waals surface area contributed by atoms with Crippen LogP contribution in [0.3, 0.4) is 0 Å². The predicted molar refractivity (Wildman–Crippen MR) is 120 cm³/mol. The fraction of sp³-hybridized carbons (Fsp3) is 0.741. The van der Waals surface area contributed by atoms with Crippen molar-refractivity contribution in [3.63, 3.8) is 0 Å². The second-order valence-corrected chi connectivity index (χ2v) is 11.7. The summed E-state index contributed by atoms with van der Waals surface area (Å²) in [7, 11) is 2.06. The highest BCUT2D eigenvalue weighted by Crippen LogP contribution is 2.66. The van der Waals surface area contributed by atoms with Crippen molar-refractivity contribution in [2.24, 2.45) is 34.5 Å². The number of hydrogen-bond acceptors (Lipinski definition) is 2. The lowest BCUT2D eigenvalue weighted by atomic mass is 9.45. The maximum atomic E-state index is 12.4. The average Bonchev–Trinajstić information content (AvgIpc) is 3.04. The summed E-state index contributed by atoms with van der Waals surface area (Å²) in [5.41, 5.74) is 1.98. The molecular weight excluding hydrogens is 370 g/mol. The number of benzene rings is 1. The van der Waals surface area contributed by atoms with Crippen molar-refractivity contribution in [1.29, 1.82) is 0 Å². The van der Waals surface area contributed by atoms with E-state index in [0.29, 0.717) is 29.4 Å². The number of fused-ring (bicyclic) bond motifs is 5. The summed E-state index contributed by atoms with van der Waals surface area (Å²) in [4.78, 5) is 14.6. The Balaban J connectivity index is 1.39. The van der Waals surface area contributed by atoms with Crippen molar-refractivity contribution in [3.05, 3.63) is 29.8 Å². The van der Waals surface area contributed by atoms with Gasteiger partial charge in [-0.2, -0.15) is 0 Å². The van der Waals surface area contributed by atoms with E-state index in [4.69, 9.17) is 4.74 Å². The molecule has 1 saturated heterocycles. The van der Waals surface area contributed by atoms with Crippen LogP contribution in [0.25, 0.3) is 0 Å². The van der Waals surface area contributed by atoms with Gasteiger partial charge in [0.05, 0.1) is 6.10 Å². The topological polar surface area (TPSA) is 29.5 Å². The minimum atomic E-state index is 0.289. The molecule has 3 aliphatic carbocycles. The van der Waals surface area contributed by atoms with Gasteiger partial charge in [0.2, 0.25) is 5.91 Å². The summed E-state index contributed by atoms with van der Waals surface area (Å²) in [6.45, 7) is 9.67. The van der Waals surface area contributed by atoms with Gasteiger partial charge in [-0.1, -0.05) is 38.5 Å². The number of hydrogen-bond donors (Lipinski definition) is 0. The third kappa shape index (κ3) is 3.02. The first kappa shape index (κ1) is 20.4. The molecule has 8 atom stereocenters. The first-order valence-electron chi connectivity index (χ1n) is 12.2. The van der Waals surface area contributed by atoms with Crippen molar-refractivity contribution < 1.29 is 9.53 Å². The highest BCUT2D eigenvalue weighted by molar-refractivity contribution is 5.77. The van der Waals surface area contributed by atoms with E-state index in [-0.39, 0.29) is 5.41 Å². The van der Waals surface area contributed by atoms with Crippen LogP contribution in [0.5, 0.6) is 5.75 Å². The summed E-state index contributed by atoms with van der Waals surface area (Å²) in [5, 5.41) is 0. The van der Waals surface area contributed by atoms with Gasteiger partial charge < -0.3 is 9.64 Å². The molecule has 0 N–H and O–H groups in total. The smallest absolute Gasteiger partial charge is 0.222 e.